The molecule has 2 heterocycles. The van der Waals surface area contributed by atoms with Crippen LogP contribution in [0.5, 0.6) is 0 Å². The molecule has 3 atom stereocenters. The van der Waals surface area contributed by atoms with Gasteiger partial charge in [0.15, 0.2) is 0 Å². The summed E-state index contributed by atoms with van der Waals surface area (Å²) in [5.41, 5.74) is 3.22. The van der Waals surface area contributed by atoms with E-state index in [1.165, 1.54) is 5.69 Å². The fourth-order valence-electron chi connectivity index (χ4n) is 3.07. The van der Waals surface area contributed by atoms with Gasteiger partial charge >= 0.3 is 0 Å². The van der Waals surface area contributed by atoms with Crippen molar-refractivity contribution in [2.45, 2.75) is 19.9 Å². The number of hydrogen-bond donors (Lipinski definition) is 2. The van der Waals surface area contributed by atoms with Crippen LogP contribution in [0.25, 0.3) is 0 Å². The molecule has 3 unspecified atom stereocenters. The number of amides is 1. The maximum Gasteiger partial charge on any atom is 0.246 e. The summed E-state index contributed by atoms with van der Waals surface area (Å²) in [6, 6.07) is 6.10. The summed E-state index contributed by atoms with van der Waals surface area (Å²) in [5.74, 6) is 1.50. The second-order valence-corrected chi connectivity index (χ2v) is 5.84. The SMILES string of the molecule is CNC1C(=O)Nc2cc(N3CC(C)C(C)C3)ccc21. The minimum absolute atomic E-state index is 0.0396. The third-order valence-electron chi connectivity index (χ3n) is 4.51. The van der Waals surface area contributed by atoms with Gasteiger partial charge in [0.2, 0.25) is 5.91 Å². The van der Waals surface area contributed by atoms with Gasteiger partial charge in [-0.15, -0.1) is 0 Å². The molecule has 102 valence electrons. The van der Waals surface area contributed by atoms with Gasteiger partial charge in [0, 0.05) is 30.0 Å². The van der Waals surface area contributed by atoms with Crippen LogP contribution in [0.15, 0.2) is 18.2 Å². The van der Waals surface area contributed by atoms with E-state index < -0.39 is 0 Å². The Kier molecular flexibility index (Phi) is 2.97. The van der Waals surface area contributed by atoms with Crippen molar-refractivity contribution in [3.05, 3.63) is 23.8 Å². The van der Waals surface area contributed by atoms with Crippen molar-refractivity contribution in [2.75, 3.05) is 30.4 Å². The molecule has 4 heteroatoms. The van der Waals surface area contributed by atoms with E-state index in [4.69, 9.17) is 0 Å². The number of rotatable bonds is 2. The molecule has 0 saturated carbocycles. The molecule has 1 saturated heterocycles. The first-order valence-electron chi connectivity index (χ1n) is 6.97. The minimum atomic E-state index is -0.208. The van der Waals surface area contributed by atoms with Gasteiger partial charge in [0.05, 0.1) is 0 Å². The van der Waals surface area contributed by atoms with Crippen molar-refractivity contribution >= 4 is 17.3 Å². The van der Waals surface area contributed by atoms with E-state index in [9.17, 15) is 4.79 Å². The highest BCUT2D eigenvalue weighted by atomic mass is 16.2. The monoisotopic (exact) mass is 259 g/mol. The Morgan fingerprint density at radius 3 is 2.58 bits per heavy atom. The average Bonchev–Trinajstić information content (AvgIpc) is 2.88. The van der Waals surface area contributed by atoms with Gasteiger partial charge in [-0.05, 0) is 31.0 Å². The van der Waals surface area contributed by atoms with Crippen molar-refractivity contribution in [1.82, 2.24) is 5.32 Å². The van der Waals surface area contributed by atoms with E-state index in [0.29, 0.717) is 0 Å². The molecule has 0 radical (unpaired) electrons. The van der Waals surface area contributed by atoms with Crippen molar-refractivity contribution in [3.63, 3.8) is 0 Å². The molecule has 0 aromatic heterocycles. The standard InChI is InChI=1S/C15H21N3O/c1-9-7-18(8-10(9)2)11-4-5-12-13(6-11)17-15(19)14(12)16-3/h4-6,9-10,14,16H,7-8H2,1-3H3,(H,17,19). The third-order valence-corrected chi connectivity index (χ3v) is 4.51. The van der Waals surface area contributed by atoms with Crippen LogP contribution >= 0.6 is 0 Å². The summed E-state index contributed by atoms with van der Waals surface area (Å²) >= 11 is 0. The number of carbonyl (C=O) groups is 1. The smallest absolute Gasteiger partial charge is 0.246 e. The second kappa shape index (κ2) is 4.53. The Bertz CT molecular complexity index is 504. The van der Waals surface area contributed by atoms with Crippen LogP contribution in [0.3, 0.4) is 0 Å². The fraction of sp³-hybridized carbons (Fsp3) is 0.533. The molecule has 2 N–H and O–H groups in total. The molecule has 1 aromatic carbocycles. The lowest BCUT2D eigenvalue weighted by atomic mass is 10.0. The molecule has 3 rings (SSSR count). The van der Waals surface area contributed by atoms with E-state index in [1.54, 1.807) is 0 Å². The van der Waals surface area contributed by atoms with Gasteiger partial charge in [-0.1, -0.05) is 19.9 Å². The predicted molar refractivity (Wildman–Crippen MR) is 77.4 cm³/mol. The summed E-state index contributed by atoms with van der Waals surface area (Å²) in [6.45, 7) is 6.81. The number of likely N-dealkylation sites (N-methyl/N-ethyl adjacent to an activating group) is 1. The second-order valence-electron chi connectivity index (χ2n) is 5.84. The van der Waals surface area contributed by atoms with Crippen molar-refractivity contribution in [2.24, 2.45) is 11.8 Å². The molecule has 1 aromatic rings. The van der Waals surface area contributed by atoms with Gasteiger partial charge in [-0.25, -0.2) is 0 Å². The van der Waals surface area contributed by atoms with E-state index in [1.807, 2.05) is 7.05 Å². The van der Waals surface area contributed by atoms with Crippen molar-refractivity contribution < 1.29 is 4.79 Å². The van der Waals surface area contributed by atoms with Gasteiger partial charge in [0.25, 0.3) is 0 Å². The highest BCUT2D eigenvalue weighted by Gasteiger charge is 2.31. The summed E-state index contributed by atoms with van der Waals surface area (Å²) in [7, 11) is 1.82. The van der Waals surface area contributed by atoms with Gasteiger partial charge < -0.3 is 15.5 Å². The quantitative estimate of drug-likeness (QED) is 0.853. The summed E-state index contributed by atoms with van der Waals surface area (Å²) in [5, 5.41) is 6.00. The number of carbonyl (C=O) groups excluding carboxylic acids is 1. The van der Waals surface area contributed by atoms with Gasteiger partial charge in [0.1, 0.15) is 6.04 Å². The lowest BCUT2D eigenvalue weighted by Gasteiger charge is -2.19. The lowest BCUT2D eigenvalue weighted by molar-refractivity contribution is -0.117. The first kappa shape index (κ1) is 12.5. The number of anilines is 2. The molecule has 1 fully saturated rings. The Morgan fingerprint density at radius 1 is 1.26 bits per heavy atom. The van der Waals surface area contributed by atoms with E-state index in [-0.39, 0.29) is 11.9 Å². The highest BCUT2D eigenvalue weighted by molar-refractivity contribution is 6.03. The van der Waals surface area contributed by atoms with Gasteiger partial charge in [-0.3, -0.25) is 4.79 Å². The third kappa shape index (κ3) is 2.00. The lowest BCUT2D eigenvalue weighted by Crippen LogP contribution is -2.23. The molecule has 2 aliphatic rings. The van der Waals surface area contributed by atoms with Crippen LogP contribution < -0.4 is 15.5 Å². The summed E-state index contributed by atoms with van der Waals surface area (Å²) < 4.78 is 0. The summed E-state index contributed by atoms with van der Waals surface area (Å²) in [6.07, 6.45) is 0. The Balaban J connectivity index is 1.88. The Morgan fingerprint density at radius 2 is 1.95 bits per heavy atom. The predicted octanol–water partition coefficient (Wildman–Crippen LogP) is 1.99. The van der Waals surface area contributed by atoms with Crippen LogP contribution in [0.1, 0.15) is 25.5 Å². The molecular formula is C15H21N3O. The van der Waals surface area contributed by atoms with Gasteiger partial charge in [-0.2, -0.15) is 0 Å². The molecule has 2 aliphatic heterocycles. The fourth-order valence-corrected chi connectivity index (χ4v) is 3.07. The molecule has 0 spiro atoms. The maximum atomic E-state index is 11.8. The molecule has 4 nitrogen and oxygen atoms in total. The first-order valence-corrected chi connectivity index (χ1v) is 6.97. The topological polar surface area (TPSA) is 44.4 Å². The number of nitrogens with one attached hydrogen (secondary N) is 2. The highest BCUT2D eigenvalue weighted by Crippen LogP contribution is 2.36. The summed E-state index contributed by atoms with van der Waals surface area (Å²) in [4.78, 5) is 14.2. The van der Waals surface area contributed by atoms with Crippen LogP contribution in [-0.2, 0) is 4.79 Å². The largest absolute Gasteiger partial charge is 0.371 e. The van der Waals surface area contributed by atoms with E-state index in [2.05, 4.69) is 47.6 Å². The zero-order valence-electron chi connectivity index (χ0n) is 11.7. The van der Waals surface area contributed by atoms with Crippen LogP contribution in [0.4, 0.5) is 11.4 Å². The van der Waals surface area contributed by atoms with Crippen molar-refractivity contribution in [1.29, 1.82) is 0 Å². The zero-order valence-corrected chi connectivity index (χ0v) is 11.7. The maximum absolute atomic E-state index is 11.8. The first-order chi connectivity index (χ1) is 9.10. The Hall–Kier alpha value is -1.55. The van der Waals surface area contributed by atoms with Crippen LogP contribution in [-0.4, -0.2) is 26.0 Å². The normalized spacial score (nSPS) is 29.5. The minimum Gasteiger partial charge on any atom is -0.371 e. The number of nitrogens with zero attached hydrogens (tertiary/aromatic N) is 1. The van der Waals surface area contributed by atoms with Crippen LogP contribution in [0, 0.1) is 11.8 Å². The molecule has 0 aliphatic carbocycles. The van der Waals surface area contributed by atoms with Crippen molar-refractivity contribution in [3.8, 4) is 0 Å². The molecule has 0 bridgehead atoms. The number of benzene rings is 1. The molecular weight excluding hydrogens is 238 g/mol. The van der Waals surface area contributed by atoms with E-state index in [0.717, 1.165) is 36.2 Å². The average molecular weight is 259 g/mol. The number of hydrogen-bond acceptors (Lipinski definition) is 3. The number of fused-ring (bicyclic) bond motifs is 1. The van der Waals surface area contributed by atoms with Crippen LogP contribution in [0.2, 0.25) is 0 Å². The molecule has 1 amide bonds. The Labute approximate surface area is 114 Å². The zero-order chi connectivity index (χ0) is 13.6. The molecule has 19 heavy (non-hydrogen) atoms. The van der Waals surface area contributed by atoms with E-state index >= 15 is 0 Å².